The van der Waals surface area contributed by atoms with Crippen LogP contribution in [0.2, 0.25) is 0 Å². The molecule has 1 aliphatic heterocycles. The molecule has 1 aliphatic rings. The summed E-state index contributed by atoms with van der Waals surface area (Å²) in [6.07, 6.45) is 0.934. The van der Waals surface area contributed by atoms with Gasteiger partial charge in [0.2, 0.25) is 0 Å². The quantitative estimate of drug-likeness (QED) is 0.700. The zero-order valence-corrected chi connectivity index (χ0v) is 8.73. The molecule has 0 fully saturated rings. The third-order valence-corrected chi connectivity index (χ3v) is 2.96. The lowest BCUT2D eigenvalue weighted by Gasteiger charge is -2.04. The molecule has 2 heterocycles. The average molecular weight is 216 g/mol. The van der Waals surface area contributed by atoms with E-state index in [1.807, 2.05) is 16.7 Å². The molecular formula is C12H12N2O2. The first-order chi connectivity index (χ1) is 7.75. The number of aromatic nitrogens is 1. The normalized spacial score (nSPS) is 15.6. The summed E-state index contributed by atoms with van der Waals surface area (Å²) in [5.74, 6) is 0.196. The van der Waals surface area contributed by atoms with Gasteiger partial charge in [0.25, 0.3) is 5.91 Å². The molecule has 2 aromatic rings. The molecule has 0 unspecified atom stereocenters. The summed E-state index contributed by atoms with van der Waals surface area (Å²) >= 11 is 0. The Balaban J connectivity index is 2.29. The van der Waals surface area contributed by atoms with Crippen molar-refractivity contribution in [1.29, 1.82) is 0 Å². The summed E-state index contributed by atoms with van der Waals surface area (Å²) in [6.45, 7) is 1.56. The van der Waals surface area contributed by atoms with Gasteiger partial charge in [-0.15, -0.1) is 0 Å². The Morgan fingerprint density at radius 3 is 3.06 bits per heavy atom. The minimum Gasteiger partial charge on any atom is -0.508 e. The first kappa shape index (κ1) is 9.27. The monoisotopic (exact) mass is 216 g/mol. The van der Waals surface area contributed by atoms with Crippen LogP contribution in [0.1, 0.15) is 16.9 Å². The van der Waals surface area contributed by atoms with E-state index in [2.05, 4.69) is 5.32 Å². The molecular weight excluding hydrogens is 204 g/mol. The van der Waals surface area contributed by atoms with E-state index in [0.29, 0.717) is 5.69 Å². The Morgan fingerprint density at radius 2 is 2.19 bits per heavy atom. The number of phenols is 1. The van der Waals surface area contributed by atoms with Gasteiger partial charge in [-0.2, -0.15) is 0 Å². The van der Waals surface area contributed by atoms with Crippen LogP contribution in [0.4, 0.5) is 0 Å². The lowest BCUT2D eigenvalue weighted by atomic mass is 10.2. The number of carbonyl (C=O) groups is 1. The van der Waals surface area contributed by atoms with Gasteiger partial charge in [0, 0.05) is 24.0 Å². The first-order valence-electron chi connectivity index (χ1n) is 5.36. The lowest BCUT2D eigenvalue weighted by molar-refractivity contribution is 0.0951. The Labute approximate surface area is 92.5 Å². The predicted octanol–water partition coefficient (Wildman–Crippen LogP) is 1.48. The number of nitrogens with zero attached hydrogens (tertiary/aromatic N) is 1. The summed E-state index contributed by atoms with van der Waals surface area (Å²) in [7, 11) is 0. The number of rotatable bonds is 0. The number of hydrogen-bond donors (Lipinski definition) is 2. The molecule has 4 heteroatoms. The third kappa shape index (κ3) is 1.26. The zero-order valence-electron chi connectivity index (χ0n) is 8.73. The van der Waals surface area contributed by atoms with E-state index < -0.39 is 0 Å². The van der Waals surface area contributed by atoms with Gasteiger partial charge in [0.05, 0.1) is 0 Å². The van der Waals surface area contributed by atoms with Crippen molar-refractivity contribution in [2.45, 2.75) is 13.0 Å². The van der Waals surface area contributed by atoms with Crippen LogP contribution in [0.5, 0.6) is 5.75 Å². The molecule has 82 valence electrons. The number of aromatic hydroxyl groups is 1. The number of benzene rings is 1. The fourth-order valence-electron chi connectivity index (χ4n) is 2.22. The first-order valence-corrected chi connectivity index (χ1v) is 5.36. The second-order valence-corrected chi connectivity index (χ2v) is 4.03. The highest BCUT2D eigenvalue weighted by atomic mass is 16.3. The van der Waals surface area contributed by atoms with Crippen molar-refractivity contribution in [3.05, 3.63) is 30.0 Å². The molecule has 16 heavy (non-hydrogen) atoms. The summed E-state index contributed by atoms with van der Waals surface area (Å²) in [6, 6.07) is 7.02. The number of amides is 1. The Bertz CT molecular complexity index is 572. The van der Waals surface area contributed by atoms with Crippen LogP contribution in [-0.4, -0.2) is 22.1 Å². The summed E-state index contributed by atoms with van der Waals surface area (Å²) in [5.41, 5.74) is 1.68. The second-order valence-electron chi connectivity index (χ2n) is 4.03. The predicted molar refractivity (Wildman–Crippen MR) is 60.6 cm³/mol. The molecule has 0 radical (unpaired) electrons. The molecule has 0 atom stereocenters. The number of hydrogen-bond acceptors (Lipinski definition) is 2. The molecule has 4 nitrogen and oxygen atoms in total. The summed E-state index contributed by atoms with van der Waals surface area (Å²) in [4.78, 5) is 11.8. The van der Waals surface area contributed by atoms with Crippen molar-refractivity contribution in [1.82, 2.24) is 9.88 Å². The van der Waals surface area contributed by atoms with Crippen LogP contribution < -0.4 is 5.32 Å². The van der Waals surface area contributed by atoms with Gasteiger partial charge in [-0.05, 0) is 30.7 Å². The van der Waals surface area contributed by atoms with Crippen molar-refractivity contribution < 1.29 is 9.90 Å². The SMILES string of the molecule is O=C1NCCCn2c1cc1cc(O)ccc12. The van der Waals surface area contributed by atoms with E-state index in [9.17, 15) is 9.90 Å². The maximum Gasteiger partial charge on any atom is 0.267 e. The van der Waals surface area contributed by atoms with Crippen molar-refractivity contribution in [3.63, 3.8) is 0 Å². The van der Waals surface area contributed by atoms with Crippen molar-refractivity contribution in [3.8, 4) is 5.75 Å². The molecule has 1 aromatic heterocycles. The lowest BCUT2D eigenvalue weighted by Crippen LogP contribution is -2.22. The van der Waals surface area contributed by atoms with E-state index >= 15 is 0 Å². The molecule has 2 N–H and O–H groups in total. The van der Waals surface area contributed by atoms with Crippen molar-refractivity contribution in [2.24, 2.45) is 0 Å². The maximum atomic E-state index is 11.8. The Kier molecular flexibility index (Phi) is 1.89. The Morgan fingerprint density at radius 1 is 1.31 bits per heavy atom. The third-order valence-electron chi connectivity index (χ3n) is 2.96. The standard InChI is InChI=1S/C12H12N2O2/c15-9-2-3-10-8(6-9)7-11-12(16)13-4-1-5-14(10)11/h2-3,6-7,15H,1,4-5H2,(H,13,16). The molecule has 0 bridgehead atoms. The van der Waals surface area contributed by atoms with Crippen LogP contribution in [0.15, 0.2) is 24.3 Å². The van der Waals surface area contributed by atoms with Gasteiger partial charge in [0.15, 0.2) is 0 Å². The van der Waals surface area contributed by atoms with E-state index in [0.717, 1.165) is 30.4 Å². The van der Waals surface area contributed by atoms with Gasteiger partial charge in [-0.1, -0.05) is 0 Å². The highest BCUT2D eigenvalue weighted by molar-refractivity contribution is 5.99. The maximum absolute atomic E-state index is 11.8. The fraction of sp³-hybridized carbons (Fsp3) is 0.250. The molecule has 0 spiro atoms. The molecule has 0 saturated carbocycles. The zero-order chi connectivity index (χ0) is 11.1. The van der Waals surface area contributed by atoms with Crippen molar-refractivity contribution >= 4 is 16.8 Å². The number of carbonyl (C=O) groups excluding carboxylic acids is 1. The number of fused-ring (bicyclic) bond motifs is 3. The minimum atomic E-state index is -0.0341. The van der Waals surface area contributed by atoms with E-state index in [-0.39, 0.29) is 11.7 Å². The number of phenolic OH excluding ortho intramolecular Hbond substituents is 1. The average Bonchev–Trinajstić information content (AvgIpc) is 2.52. The molecule has 3 rings (SSSR count). The highest BCUT2D eigenvalue weighted by Crippen LogP contribution is 2.25. The van der Waals surface area contributed by atoms with Crippen LogP contribution in [0.25, 0.3) is 10.9 Å². The van der Waals surface area contributed by atoms with Gasteiger partial charge < -0.3 is 15.0 Å². The van der Waals surface area contributed by atoms with Gasteiger partial charge in [-0.25, -0.2) is 0 Å². The largest absolute Gasteiger partial charge is 0.508 e. The number of nitrogens with one attached hydrogen (secondary N) is 1. The molecule has 1 aromatic carbocycles. The van der Waals surface area contributed by atoms with Crippen molar-refractivity contribution in [2.75, 3.05) is 6.54 Å². The van der Waals surface area contributed by atoms with Crippen LogP contribution in [-0.2, 0) is 6.54 Å². The fourth-order valence-corrected chi connectivity index (χ4v) is 2.22. The Hall–Kier alpha value is -1.97. The molecule has 1 amide bonds. The van der Waals surface area contributed by atoms with E-state index in [4.69, 9.17) is 0 Å². The summed E-state index contributed by atoms with van der Waals surface area (Å²) < 4.78 is 2.01. The second kappa shape index (κ2) is 3.27. The van der Waals surface area contributed by atoms with Crippen LogP contribution in [0, 0.1) is 0 Å². The van der Waals surface area contributed by atoms with Gasteiger partial charge >= 0.3 is 0 Å². The van der Waals surface area contributed by atoms with Crippen LogP contribution >= 0.6 is 0 Å². The van der Waals surface area contributed by atoms with E-state index in [1.54, 1.807) is 12.1 Å². The van der Waals surface area contributed by atoms with Gasteiger partial charge in [-0.3, -0.25) is 4.79 Å². The van der Waals surface area contributed by atoms with E-state index in [1.165, 1.54) is 0 Å². The smallest absolute Gasteiger partial charge is 0.267 e. The molecule has 0 aliphatic carbocycles. The van der Waals surface area contributed by atoms with Crippen LogP contribution in [0.3, 0.4) is 0 Å². The highest BCUT2D eigenvalue weighted by Gasteiger charge is 2.17. The topological polar surface area (TPSA) is 54.3 Å². The number of aryl methyl sites for hydroxylation is 1. The summed E-state index contributed by atoms with van der Waals surface area (Å²) in [5, 5.41) is 13.2. The molecule has 0 saturated heterocycles. The van der Waals surface area contributed by atoms with Gasteiger partial charge in [0.1, 0.15) is 11.4 Å². The minimum absolute atomic E-state index is 0.0341.